The Labute approximate surface area is 187 Å². The van der Waals surface area contributed by atoms with Crippen LogP contribution >= 0.6 is 0 Å². The first-order chi connectivity index (χ1) is 15.6. The highest BCUT2D eigenvalue weighted by Crippen LogP contribution is 2.35. The van der Waals surface area contributed by atoms with Crippen molar-refractivity contribution in [2.75, 3.05) is 6.54 Å². The predicted molar refractivity (Wildman–Crippen MR) is 118 cm³/mol. The second kappa shape index (κ2) is 9.80. The number of imide groups is 1. The van der Waals surface area contributed by atoms with E-state index in [0.29, 0.717) is 38.3 Å². The van der Waals surface area contributed by atoms with Crippen molar-refractivity contribution in [2.24, 2.45) is 0 Å². The zero-order chi connectivity index (χ0) is 22.4. The quantitative estimate of drug-likeness (QED) is 0.589. The Bertz CT molecular complexity index is 973. The Morgan fingerprint density at radius 3 is 2.69 bits per heavy atom. The first kappa shape index (κ1) is 21.8. The molecule has 168 valence electrons. The molecule has 1 aliphatic heterocycles. The molecule has 1 spiro atoms. The standard InChI is InChI=1S/C24H28N4O4/c29-20(9-6-14-28-22(30)24(27-23(28)31)11-4-5-12-24)26-16-19-10-13-25-21(15-19)32-17-18-7-2-1-3-8-18/h1-3,7-8,10,13,15H,4-6,9,11-12,14,16-17H2,(H,26,29)(H,27,31). The molecule has 8 nitrogen and oxygen atoms in total. The third-order valence-electron chi connectivity index (χ3n) is 6.01. The van der Waals surface area contributed by atoms with Crippen LogP contribution < -0.4 is 15.4 Å². The van der Waals surface area contributed by atoms with Crippen molar-refractivity contribution in [2.45, 2.75) is 57.2 Å². The van der Waals surface area contributed by atoms with Crippen molar-refractivity contribution in [1.82, 2.24) is 20.5 Å². The number of nitrogens with zero attached hydrogens (tertiary/aromatic N) is 2. The largest absolute Gasteiger partial charge is 0.473 e. The molecule has 2 aromatic rings. The van der Waals surface area contributed by atoms with Crippen LogP contribution in [0.25, 0.3) is 0 Å². The number of nitrogens with one attached hydrogen (secondary N) is 2. The summed E-state index contributed by atoms with van der Waals surface area (Å²) < 4.78 is 5.72. The normalized spacial score (nSPS) is 16.9. The summed E-state index contributed by atoms with van der Waals surface area (Å²) in [6, 6.07) is 13.1. The molecule has 2 N–H and O–H groups in total. The number of pyridine rings is 1. The summed E-state index contributed by atoms with van der Waals surface area (Å²) in [6.07, 6.45) is 5.65. The number of aromatic nitrogens is 1. The molecule has 2 heterocycles. The van der Waals surface area contributed by atoms with Gasteiger partial charge in [0, 0.05) is 31.8 Å². The maximum atomic E-state index is 12.6. The second-order valence-corrected chi connectivity index (χ2v) is 8.33. The van der Waals surface area contributed by atoms with Gasteiger partial charge in [0.1, 0.15) is 12.1 Å². The van der Waals surface area contributed by atoms with Crippen LogP contribution in [0.4, 0.5) is 4.79 Å². The van der Waals surface area contributed by atoms with Crippen LogP contribution in [0.15, 0.2) is 48.7 Å². The van der Waals surface area contributed by atoms with E-state index in [1.165, 1.54) is 4.90 Å². The van der Waals surface area contributed by atoms with Gasteiger partial charge in [0.15, 0.2) is 0 Å². The summed E-state index contributed by atoms with van der Waals surface area (Å²) in [7, 11) is 0. The Morgan fingerprint density at radius 1 is 1.12 bits per heavy atom. The fourth-order valence-corrected chi connectivity index (χ4v) is 4.25. The zero-order valence-electron chi connectivity index (χ0n) is 18.0. The van der Waals surface area contributed by atoms with Gasteiger partial charge in [-0.25, -0.2) is 9.78 Å². The lowest BCUT2D eigenvalue weighted by Crippen LogP contribution is -2.44. The van der Waals surface area contributed by atoms with Crippen LogP contribution in [0.1, 0.15) is 49.7 Å². The van der Waals surface area contributed by atoms with Crippen molar-refractivity contribution >= 4 is 17.8 Å². The molecule has 1 aromatic carbocycles. The first-order valence-corrected chi connectivity index (χ1v) is 11.1. The van der Waals surface area contributed by atoms with E-state index in [1.54, 1.807) is 12.3 Å². The van der Waals surface area contributed by atoms with Crippen LogP contribution in [0.5, 0.6) is 5.88 Å². The maximum Gasteiger partial charge on any atom is 0.325 e. The van der Waals surface area contributed by atoms with Crippen LogP contribution in [0.3, 0.4) is 0 Å². The van der Waals surface area contributed by atoms with Gasteiger partial charge in [0.2, 0.25) is 11.8 Å². The van der Waals surface area contributed by atoms with Crippen LogP contribution in [0, 0.1) is 0 Å². The summed E-state index contributed by atoms with van der Waals surface area (Å²) in [5, 5.41) is 5.73. The average Bonchev–Trinajstić information content (AvgIpc) is 3.37. The number of carbonyl (C=O) groups excluding carboxylic acids is 3. The Morgan fingerprint density at radius 2 is 1.91 bits per heavy atom. The molecule has 32 heavy (non-hydrogen) atoms. The Kier molecular flexibility index (Phi) is 6.68. The predicted octanol–water partition coefficient (Wildman–Crippen LogP) is 2.92. The van der Waals surface area contributed by atoms with E-state index >= 15 is 0 Å². The second-order valence-electron chi connectivity index (χ2n) is 8.33. The third-order valence-corrected chi connectivity index (χ3v) is 6.01. The van der Waals surface area contributed by atoms with E-state index in [2.05, 4.69) is 15.6 Å². The minimum Gasteiger partial charge on any atom is -0.473 e. The summed E-state index contributed by atoms with van der Waals surface area (Å²) in [5.41, 5.74) is 1.24. The zero-order valence-corrected chi connectivity index (χ0v) is 18.0. The van der Waals surface area contributed by atoms with Crippen molar-refractivity contribution < 1.29 is 19.1 Å². The maximum absolute atomic E-state index is 12.6. The number of hydrogen-bond acceptors (Lipinski definition) is 5. The van der Waals surface area contributed by atoms with Crippen molar-refractivity contribution in [3.05, 3.63) is 59.8 Å². The van der Waals surface area contributed by atoms with Crippen molar-refractivity contribution in [3.8, 4) is 5.88 Å². The van der Waals surface area contributed by atoms with Gasteiger partial charge < -0.3 is 15.4 Å². The van der Waals surface area contributed by atoms with E-state index in [-0.39, 0.29) is 30.8 Å². The van der Waals surface area contributed by atoms with Gasteiger partial charge in [-0.2, -0.15) is 0 Å². The molecule has 4 rings (SSSR count). The molecule has 1 saturated carbocycles. The monoisotopic (exact) mass is 436 g/mol. The van der Waals surface area contributed by atoms with Gasteiger partial charge in [0.25, 0.3) is 5.91 Å². The molecule has 0 unspecified atom stereocenters. The lowest BCUT2D eigenvalue weighted by Gasteiger charge is -2.19. The first-order valence-electron chi connectivity index (χ1n) is 11.1. The highest BCUT2D eigenvalue weighted by molar-refractivity contribution is 6.07. The molecule has 0 atom stereocenters. The summed E-state index contributed by atoms with van der Waals surface area (Å²) >= 11 is 0. The van der Waals surface area contributed by atoms with E-state index in [4.69, 9.17) is 4.74 Å². The van der Waals surface area contributed by atoms with E-state index in [9.17, 15) is 14.4 Å². The summed E-state index contributed by atoms with van der Waals surface area (Å²) in [5.74, 6) is 0.233. The van der Waals surface area contributed by atoms with Crippen molar-refractivity contribution in [3.63, 3.8) is 0 Å². The molecule has 0 bridgehead atoms. The lowest BCUT2D eigenvalue weighted by molar-refractivity contribution is -0.131. The summed E-state index contributed by atoms with van der Waals surface area (Å²) in [4.78, 5) is 42.5. The van der Waals surface area contributed by atoms with Crippen LogP contribution in [-0.2, 0) is 22.7 Å². The average molecular weight is 437 g/mol. The SMILES string of the molecule is O=C(CCCN1C(=O)NC2(CCCC2)C1=O)NCc1ccnc(OCc2ccccc2)c1. The van der Waals surface area contributed by atoms with E-state index in [1.807, 2.05) is 36.4 Å². The number of benzene rings is 1. The van der Waals surface area contributed by atoms with Gasteiger partial charge in [-0.05, 0) is 36.5 Å². The molecule has 2 aliphatic rings. The Balaban J connectivity index is 1.19. The lowest BCUT2D eigenvalue weighted by atomic mass is 9.98. The number of rotatable bonds is 9. The minimum atomic E-state index is -0.693. The number of urea groups is 1. The number of hydrogen-bond donors (Lipinski definition) is 2. The molecule has 1 aromatic heterocycles. The molecule has 4 amide bonds. The molecule has 8 heteroatoms. The summed E-state index contributed by atoms with van der Waals surface area (Å²) in [6.45, 7) is 1.04. The minimum absolute atomic E-state index is 0.129. The van der Waals surface area contributed by atoms with Gasteiger partial charge in [-0.15, -0.1) is 0 Å². The topological polar surface area (TPSA) is 101 Å². The fraction of sp³-hybridized carbons (Fsp3) is 0.417. The molecule has 1 saturated heterocycles. The fourth-order valence-electron chi connectivity index (χ4n) is 4.25. The highest BCUT2D eigenvalue weighted by Gasteiger charge is 2.51. The van der Waals surface area contributed by atoms with E-state index in [0.717, 1.165) is 24.0 Å². The molecule has 0 radical (unpaired) electrons. The molecule has 2 fully saturated rings. The van der Waals surface area contributed by atoms with Gasteiger partial charge in [0.05, 0.1) is 0 Å². The van der Waals surface area contributed by atoms with Crippen LogP contribution in [0.2, 0.25) is 0 Å². The third kappa shape index (κ3) is 5.07. The molecular weight excluding hydrogens is 408 g/mol. The number of carbonyl (C=O) groups is 3. The van der Waals surface area contributed by atoms with Crippen molar-refractivity contribution in [1.29, 1.82) is 0 Å². The molecule has 1 aliphatic carbocycles. The smallest absolute Gasteiger partial charge is 0.325 e. The van der Waals surface area contributed by atoms with Gasteiger partial charge in [-0.1, -0.05) is 43.2 Å². The number of amides is 4. The van der Waals surface area contributed by atoms with E-state index < -0.39 is 5.54 Å². The number of ether oxygens (including phenoxy) is 1. The highest BCUT2D eigenvalue weighted by atomic mass is 16.5. The Hall–Kier alpha value is -3.42. The van der Waals surface area contributed by atoms with Crippen LogP contribution in [-0.4, -0.2) is 39.8 Å². The molecular formula is C24H28N4O4. The van der Waals surface area contributed by atoms with Gasteiger partial charge in [-0.3, -0.25) is 14.5 Å². The van der Waals surface area contributed by atoms with Gasteiger partial charge >= 0.3 is 6.03 Å².